The monoisotopic (exact) mass is 408 g/mol. The van der Waals surface area contributed by atoms with Crippen LogP contribution in [0, 0.1) is 17.0 Å². The van der Waals surface area contributed by atoms with Crippen molar-refractivity contribution in [2.45, 2.75) is 6.92 Å². The second-order valence-electron chi connectivity index (χ2n) is 6.07. The maximum absolute atomic E-state index is 11.8. The van der Waals surface area contributed by atoms with E-state index in [0.29, 0.717) is 16.6 Å². The standard InChI is InChI=1S/C19H16N6O3S/c1-11-6-5-9-14-15(11)23-19(29-14)24-18-16(25(26)27)17(20-10-21-18)22-12-7-3-4-8-13(12)28-2/h3-10H,1-2H3,(H2,20,21,22,23,24). The quantitative estimate of drug-likeness (QED) is 0.345. The fourth-order valence-corrected chi connectivity index (χ4v) is 3.79. The molecule has 0 bridgehead atoms. The summed E-state index contributed by atoms with van der Waals surface area (Å²) in [6.07, 6.45) is 1.26. The number of benzene rings is 2. The lowest BCUT2D eigenvalue weighted by atomic mass is 10.2. The molecular formula is C19H16N6O3S. The summed E-state index contributed by atoms with van der Waals surface area (Å²) in [5.41, 5.74) is 2.15. The summed E-state index contributed by atoms with van der Waals surface area (Å²) >= 11 is 1.40. The van der Waals surface area contributed by atoms with Gasteiger partial charge in [-0.05, 0) is 30.7 Å². The van der Waals surface area contributed by atoms with Gasteiger partial charge in [-0.1, -0.05) is 35.6 Å². The van der Waals surface area contributed by atoms with Gasteiger partial charge in [0.25, 0.3) is 0 Å². The number of thiazole rings is 1. The van der Waals surface area contributed by atoms with E-state index < -0.39 is 4.92 Å². The Balaban J connectivity index is 1.73. The Morgan fingerprint density at radius 3 is 2.55 bits per heavy atom. The predicted octanol–water partition coefficient (Wildman–Crippen LogP) is 4.80. The molecule has 10 heteroatoms. The Hall–Kier alpha value is -3.79. The summed E-state index contributed by atoms with van der Waals surface area (Å²) < 4.78 is 6.27. The normalized spacial score (nSPS) is 10.7. The van der Waals surface area contributed by atoms with Gasteiger partial charge in [0.15, 0.2) is 5.13 Å². The zero-order valence-electron chi connectivity index (χ0n) is 15.5. The number of aromatic nitrogens is 3. The van der Waals surface area contributed by atoms with Crippen LogP contribution < -0.4 is 15.4 Å². The van der Waals surface area contributed by atoms with E-state index >= 15 is 0 Å². The topological polar surface area (TPSA) is 115 Å². The van der Waals surface area contributed by atoms with Crippen molar-refractivity contribution >= 4 is 49.7 Å². The van der Waals surface area contributed by atoms with E-state index in [1.807, 2.05) is 25.1 Å². The van der Waals surface area contributed by atoms with Gasteiger partial charge >= 0.3 is 5.69 Å². The minimum atomic E-state index is -0.529. The molecule has 0 saturated carbocycles. The highest BCUT2D eigenvalue weighted by Gasteiger charge is 2.25. The van der Waals surface area contributed by atoms with E-state index in [1.54, 1.807) is 24.3 Å². The number of methoxy groups -OCH3 is 1. The number of fused-ring (bicyclic) bond motifs is 1. The molecule has 0 fully saturated rings. The average molecular weight is 408 g/mol. The third-order valence-corrected chi connectivity index (χ3v) is 5.15. The molecule has 0 atom stereocenters. The van der Waals surface area contributed by atoms with Crippen LogP contribution in [0.2, 0.25) is 0 Å². The summed E-state index contributed by atoms with van der Waals surface area (Å²) in [6, 6.07) is 13.0. The number of nitro groups is 1. The second-order valence-corrected chi connectivity index (χ2v) is 7.10. The molecule has 2 aromatic heterocycles. The second kappa shape index (κ2) is 7.68. The minimum absolute atomic E-state index is 0.0503. The molecule has 0 unspecified atom stereocenters. The van der Waals surface area contributed by atoms with Crippen molar-refractivity contribution in [3.05, 3.63) is 64.5 Å². The van der Waals surface area contributed by atoms with Crippen LogP contribution in [0.25, 0.3) is 10.2 Å². The number of ether oxygens (including phenoxy) is 1. The maximum atomic E-state index is 11.8. The molecule has 0 amide bonds. The minimum Gasteiger partial charge on any atom is -0.495 e. The number of nitrogens with zero attached hydrogens (tertiary/aromatic N) is 4. The zero-order valence-corrected chi connectivity index (χ0v) is 16.4. The van der Waals surface area contributed by atoms with Crippen molar-refractivity contribution < 1.29 is 9.66 Å². The largest absolute Gasteiger partial charge is 0.495 e. The van der Waals surface area contributed by atoms with Gasteiger partial charge in [-0.3, -0.25) is 10.1 Å². The molecule has 0 aliphatic carbocycles. The number of aryl methyl sites for hydroxylation is 1. The van der Waals surface area contributed by atoms with Crippen LogP contribution in [0.15, 0.2) is 48.8 Å². The van der Waals surface area contributed by atoms with Crippen LogP contribution in [0.4, 0.5) is 28.1 Å². The third kappa shape index (κ3) is 3.65. The number of nitrogens with one attached hydrogen (secondary N) is 2. The third-order valence-electron chi connectivity index (χ3n) is 4.21. The van der Waals surface area contributed by atoms with Gasteiger partial charge in [0.1, 0.15) is 12.1 Å². The van der Waals surface area contributed by atoms with Crippen molar-refractivity contribution in [3.63, 3.8) is 0 Å². The Morgan fingerprint density at radius 1 is 1.07 bits per heavy atom. The fraction of sp³-hybridized carbons (Fsp3) is 0.105. The lowest BCUT2D eigenvalue weighted by Gasteiger charge is -2.11. The number of anilines is 4. The van der Waals surface area contributed by atoms with Crippen LogP contribution in [-0.4, -0.2) is 27.0 Å². The lowest BCUT2D eigenvalue weighted by Crippen LogP contribution is -2.06. The fourth-order valence-electron chi connectivity index (χ4n) is 2.85. The molecule has 146 valence electrons. The van der Waals surface area contributed by atoms with Crippen molar-refractivity contribution in [1.82, 2.24) is 15.0 Å². The molecule has 0 aliphatic rings. The van der Waals surface area contributed by atoms with E-state index in [1.165, 1.54) is 24.8 Å². The molecule has 9 nitrogen and oxygen atoms in total. The summed E-state index contributed by atoms with van der Waals surface area (Å²) in [6.45, 7) is 1.97. The molecule has 0 spiro atoms. The summed E-state index contributed by atoms with van der Waals surface area (Å²) in [4.78, 5) is 23.9. The molecule has 2 aromatic carbocycles. The molecule has 4 aromatic rings. The van der Waals surface area contributed by atoms with Crippen LogP contribution >= 0.6 is 11.3 Å². The smallest absolute Gasteiger partial charge is 0.353 e. The first kappa shape index (κ1) is 18.6. The molecule has 29 heavy (non-hydrogen) atoms. The highest BCUT2D eigenvalue weighted by molar-refractivity contribution is 7.22. The van der Waals surface area contributed by atoms with Gasteiger partial charge < -0.3 is 15.4 Å². The Kier molecular flexibility index (Phi) is 4.92. The van der Waals surface area contributed by atoms with E-state index in [0.717, 1.165) is 15.8 Å². The van der Waals surface area contributed by atoms with Crippen molar-refractivity contribution in [1.29, 1.82) is 0 Å². The van der Waals surface area contributed by atoms with Crippen molar-refractivity contribution in [3.8, 4) is 5.75 Å². The molecule has 4 rings (SSSR count). The highest BCUT2D eigenvalue weighted by Crippen LogP contribution is 2.37. The van der Waals surface area contributed by atoms with Crippen LogP contribution in [-0.2, 0) is 0 Å². The molecule has 0 aliphatic heterocycles. The zero-order chi connectivity index (χ0) is 20.4. The molecule has 2 N–H and O–H groups in total. The maximum Gasteiger partial charge on any atom is 0.353 e. The van der Waals surface area contributed by atoms with Gasteiger partial charge in [-0.25, -0.2) is 15.0 Å². The molecule has 2 heterocycles. The first-order valence-corrected chi connectivity index (χ1v) is 9.41. The van der Waals surface area contributed by atoms with Gasteiger partial charge in [-0.2, -0.15) is 0 Å². The molecule has 0 saturated heterocycles. The van der Waals surface area contributed by atoms with E-state index in [2.05, 4.69) is 25.6 Å². The van der Waals surface area contributed by atoms with E-state index in [-0.39, 0.29) is 17.3 Å². The Labute approximate surface area is 169 Å². The summed E-state index contributed by atoms with van der Waals surface area (Å²) in [5.74, 6) is 0.643. The van der Waals surface area contributed by atoms with Crippen LogP contribution in [0.1, 0.15) is 5.56 Å². The van der Waals surface area contributed by atoms with Crippen LogP contribution in [0.5, 0.6) is 5.75 Å². The Morgan fingerprint density at radius 2 is 1.83 bits per heavy atom. The van der Waals surface area contributed by atoms with Gasteiger partial charge in [0, 0.05) is 0 Å². The molecular weight excluding hydrogens is 392 g/mol. The van der Waals surface area contributed by atoms with Crippen molar-refractivity contribution in [2.24, 2.45) is 0 Å². The predicted molar refractivity (Wildman–Crippen MR) is 113 cm³/mol. The van der Waals surface area contributed by atoms with Gasteiger partial charge in [0.2, 0.25) is 11.6 Å². The lowest BCUT2D eigenvalue weighted by molar-refractivity contribution is -0.383. The highest BCUT2D eigenvalue weighted by atomic mass is 32.1. The molecule has 0 radical (unpaired) electrons. The van der Waals surface area contributed by atoms with Gasteiger partial charge in [-0.15, -0.1) is 0 Å². The summed E-state index contributed by atoms with van der Waals surface area (Å²) in [5, 5.41) is 18.2. The van der Waals surface area contributed by atoms with Gasteiger partial charge in [0.05, 0.1) is 27.9 Å². The first-order valence-electron chi connectivity index (χ1n) is 8.59. The Bertz CT molecular complexity index is 1210. The van der Waals surface area contributed by atoms with E-state index in [4.69, 9.17) is 4.74 Å². The average Bonchev–Trinajstić information content (AvgIpc) is 3.12. The number of para-hydroxylation sites is 3. The summed E-state index contributed by atoms with van der Waals surface area (Å²) in [7, 11) is 1.52. The number of hydrogen-bond donors (Lipinski definition) is 2. The number of rotatable bonds is 6. The number of hydrogen-bond acceptors (Lipinski definition) is 9. The SMILES string of the molecule is COc1ccccc1Nc1ncnc(Nc2nc3c(C)cccc3s2)c1[N+](=O)[O-]. The van der Waals surface area contributed by atoms with Crippen molar-refractivity contribution in [2.75, 3.05) is 17.7 Å². The van der Waals surface area contributed by atoms with E-state index in [9.17, 15) is 10.1 Å². The van der Waals surface area contributed by atoms with Crippen LogP contribution in [0.3, 0.4) is 0 Å². The first-order chi connectivity index (χ1) is 14.1.